The van der Waals surface area contributed by atoms with E-state index in [0.717, 1.165) is 93.8 Å². The molecule has 328 valence electrons. The molecular weight excluding hydrogens is 813 g/mol. The molecular formula is C49H50N8O7. The summed E-state index contributed by atoms with van der Waals surface area (Å²) in [5.41, 5.74) is 9.42. The Balaban J connectivity index is 0.865. The standard InChI is InChI=1S/C49H50N8O7/c1-4-36(54-48(60)62-2)46(58)56-20-8-11-40(56)44-50-25-39(53-44)30-14-18-35-34-17-13-28(21-32(34)26-64-41(35)24-30)29-15-19-37-38(23-29)52-45(51-37)43-31-12-16-33(22-31)57(43)47(59)42(55-49(61)63-3)27-9-6-5-7-10-27/h5-7,9-10,13-15,17-19,21,23-25,31,33,36,40,42-43H,4,8,11-12,16,20,22,26H2,1-3H3,(H,50,53)(H,51,52)(H,54,60)(H,55,61)/t31-,33+,36?,40-,42+,43-/m0/s1. The van der Waals surface area contributed by atoms with E-state index in [4.69, 9.17) is 24.2 Å². The van der Waals surface area contributed by atoms with Gasteiger partial charge in [-0.05, 0) is 103 Å². The van der Waals surface area contributed by atoms with E-state index in [1.807, 2.05) is 54.3 Å². The number of hydrogen-bond acceptors (Lipinski definition) is 9. The van der Waals surface area contributed by atoms with Crippen molar-refractivity contribution < 1.29 is 33.4 Å². The summed E-state index contributed by atoms with van der Waals surface area (Å²) in [7, 11) is 2.58. The number of nitrogens with zero attached hydrogens (tertiary/aromatic N) is 4. The molecule has 2 bridgehead atoms. The molecule has 15 nitrogen and oxygen atoms in total. The lowest BCUT2D eigenvalue weighted by molar-refractivity contribution is -0.138. The summed E-state index contributed by atoms with van der Waals surface area (Å²) < 4.78 is 16.0. The quantitative estimate of drug-likeness (QED) is 0.106. The number of ether oxygens (including phenoxy) is 3. The molecule has 0 spiro atoms. The summed E-state index contributed by atoms with van der Waals surface area (Å²) >= 11 is 0. The van der Waals surface area contributed by atoms with Crippen LogP contribution in [0.2, 0.25) is 0 Å². The van der Waals surface area contributed by atoms with Crippen LogP contribution in [0, 0.1) is 5.92 Å². The number of hydrogen-bond donors (Lipinski definition) is 4. The molecule has 2 saturated heterocycles. The lowest BCUT2D eigenvalue weighted by Crippen LogP contribution is -2.48. The molecule has 64 heavy (non-hydrogen) atoms. The van der Waals surface area contributed by atoms with E-state index in [-0.39, 0.29) is 35.9 Å². The molecule has 4 N–H and O–H groups in total. The third kappa shape index (κ3) is 7.37. The second-order valence-electron chi connectivity index (χ2n) is 17.1. The minimum absolute atomic E-state index is 0.0648. The number of likely N-dealkylation sites (tertiary alicyclic amines) is 2. The van der Waals surface area contributed by atoms with E-state index in [0.29, 0.717) is 31.0 Å². The van der Waals surface area contributed by atoms with Gasteiger partial charge in [-0.3, -0.25) is 9.59 Å². The number of alkyl carbamates (subject to hydrolysis) is 2. The number of methoxy groups -OCH3 is 2. The number of aromatic nitrogens is 4. The number of carbonyl (C=O) groups is 4. The maximum absolute atomic E-state index is 14.4. The molecule has 1 aliphatic carbocycles. The van der Waals surface area contributed by atoms with E-state index in [1.165, 1.54) is 14.2 Å². The predicted molar refractivity (Wildman–Crippen MR) is 238 cm³/mol. The van der Waals surface area contributed by atoms with Gasteiger partial charge in [0.1, 0.15) is 36.1 Å². The van der Waals surface area contributed by atoms with Crippen molar-refractivity contribution in [2.45, 2.75) is 82.3 Å². The fraction of sp³-hybridized carbons (Fsp3) is 0.347. The van der Waals surface area contributed by atoms with Crippen molar-refractivity contribution in [3.8, 4) is 39.3 Å². The molecule has 4 aromatic carbocycles. The minimum Gasteiger partial charge on any atom is -0.488 e. The van der Waals surface area contributed by atoms with Gasteiger partial charge in [-0.25, -0.2) is 19.6 Å². The number of aromatic amines is 2. The monoisotopic (exact) mass is 862 g/mol. The molecule has 0 radical (unpaired) electrons. The fourth-order valence-electron chi connectivity index (χ4n) is 10.3. The van der Waals surface area contributed by atoms with Gasteiger partial charge in [0.25, 0.3) is 5.91 Å². The van der Waals surface area contributed by atoms with Crippen molar-refractivity contribution in [3.05, 3.63) is 114 Å². The van der Waals surface area contributed by atoms with Crippen LogP contribution in [0.25, 0.3) is 44.5 Å². The van der Waals surface area contributed by atoms with Crippen molar-refractivity contribution in [1.82, 2.24) is 40.4 Å². The van der Waals surface area contributed by atoms with Crippen molar-refractivity contribution in [2.75, 3.05) is 20.8 Å². The van der Waals surface area contributed by atoms with E-state index in [1.54, 1.807) is 11.1 Å². The lowest BCUT2D eigenvalue weighted by Gasteiger charge is -2.36. The summed E-state index contributed by atoms with van der Waals surface area (Å²) in [5, 5.41) is 5.44. The van der Waals surface area contributed by atoms with Crippen LogP contribution in [0.3, 0.4) is 0 Å². The van der Waals surface area contributed by atoms with Gasteiger partial charge in [0.2, 0.25) is 5.91 Å². The first-order chi connectivity index (χ1) is 31.2. The van der Waals surface area contributed by atoms with Crippen LogP contribution < -0.4 is 15.4 Å². The molecule has 5 heterocycles. The molecule has 6 aromatic rings. The maximum atomic E-state index is 14.4. The Kier molecular flexibility index (Phi) is 10.8. The molecule has 3 aliphatic heterocycles. The molecule has 1 saturated carbocycles. The number of fused-ring (bicyclic) bond motifs is 6. The largest absolute Gasteiger partial charge is 0.488 e. The molecule has 6 atom stereocenters. The first kappa shape index (κ1) is 40.9. The van der Waals surface area contributed by atoms with Crippen LogP contribution in [0.15, 0.2) is 91.1 Å². The Morgan fingerprint density at radius 2 is 1.59 bits per heavy atom. The zero-order chi connectivity index (χ0) is 44.1. The first-order valence-electron chi connectivity index (χ1n) is 22.0. The molecule has 3 fully saturated rings. The fourth-order valence-corrected chi connectivity index (χ4v) is 10.3. The zero-order valence-electron chi connectivity index (χ0n) is 35.9. The Morgan fingerprint density at radius 1 is 0.828 bits per heavy atom. The normalized spacial score (nSPS) is 20.5. The van der Waals surface area contributed by atoms with E-state index >= 15 is 0 Å². The molecule has 4 aliphatic rings. The number of H-pyrrole nitrogens is 2. The minimum atomic E-state index is -0.884. The summed E-state index contributed by atoms with van der Waals surface area (Å²) in [6, 6.07) is 26.2. The Labute approximate surface area is 369 Å². The number of piperidine rings is 1. The molecule has 4 amide bonds. The second kappa shape index (κ2) is 16.8. The summed E-state index contributed by atoms with van der Waals surface area (Å²) in [6.45, 7) is 2.86. The van der Waals surface area contributed by atoms with Gasteiger partial charge in [0.05, 0.1) is 49.2 Å². The number of nitrogens with one attached hydrogen (secondary N) is 4. The maximum Gasteiger partial charge on any atom is 0.407 e. The van der Waals surface area contributed by atoms with Gasteiger partial charge in [-0.1, -0.05) is 61.5 Å². The topological polar surface area (TPSA) is 184 Å². The molecule has 1 unspecified atom stereocenters. The lowest BCUT2D eigenvalue weighted by atomic mass is 9.92. The van der Waals surface area contributed by atoms with Crippen LogP contribution in [0.4, 0.5) is 9.59 Å². The highest BCUT2D eigenvalue weighted by atomic mass is 16.5. The number of carbonyl (C=O) groups excluding carboxylic acids is 4. The SMILES string of the molecule is CCC(NC(=O)OC)C(=O)N1CCC[C@H]1c1ncc(-c2ccc3c(c2)OCc2cc(-c4ccc5nc([C@@H]6[C@H]7CC[C@H](C7)N6C(=O)[C@H](NC(=O)OC)c6ccccc6)[nH]c5c4)ccc2-3)[nH]1. The zero-order valence-corrected chi connectivity index (χ0v) is 35.9. The van der Waals surface area contributed by atoms with Crippen molar-refractivity contribution >= 4 is 35.0 Å². The number of imidazole rings is 2. The Bertz CT molecular complexity index is 2770. The van der Waals surface area contributed by atoms with E-state index in [2.05, 4.69) is 63.1 Å². The smallest absolute Gasteiger partial charge is 0.407 e. The van der Waals surface area contributed by atoms with Gasteiger partial charge in [0, 0.05) is 23.7 Å². The Morgan fingerprint density at radius 3 is 2.41 bits per heavy atom. The van der Waals surface area contributed by atoms with Crippen LogP contribution >= 0.6 is 0 Å². The van der Waals surface area contributed by atoms with Crippen LogP contribution in [-0.4, -0.2) is 86.6 Å². The summed E-state index contributed by atoms with van der Waals surface area (Å²) in [6.07, 6.45) is 5.39. The third-order valence-corrected chi connectivity index (χ3v) is 13.5. The average molecular weight is 863 g/mol. The highest BCUT2D eigenvalue weighted by Crippen LogP contribution is 2.51. The van der Waals surface area contributed by atoms with Crippen molar-refractivity contribution in [3.63, 3.8) is 0 Å². The average Bonchev–Trinajstić information content (AvgIpc) is 4.20. The second-order valence-corrected chi connectivity index (χ2v) is 17.1. The number of benzene rings is 4. The van der Waals surface area contributed by atoms with E-state index in [9.17, 15) is 19.2 Å². The molecule has 10 rings (SSSR count). The number of amides is 4. The van der Waals surface area contributed by atoms with Gasteiger partial charge < -0.3 is 44.6 Å². The van der Waals surface area contributed by atoms with Crippen LogP contribution in [-0.2, 0) is 25.7 Å². The van der Waals surface area contributed by atoms with E-state index < -0.39 is 24.3 Å². The Hall–Kier alpha value is -7.16. The van der Waals surface area contributed by atoms with Gasteiger partial charge in [-0.15, -0.1) is 0 Å². The molecule has 2 aromatic heterocycles. The summed E-state index contributed by atoms with van der Waals surface area (Å²) in [4.78, 5) is 72.7. The van der Waals surface area contributed by atoms with Gasteiger partial charge in [0.15, 0.2) is 0 Å². The highest BCUT2D eigenvalue weighted by molar-refractivity contribution is 5.89. The number of rotatable bonds is 10. The van der Waals surface area contributed by atoms with Gasteiger partial charge >= 0.3 is 12.2 Å². The summed E-state index contributed by atoms with van der Waals surface area (Å²) in [5.74, 6) is 2.19. The van der Waals surface area contributed by atoms with Crippen LogP contribution in [0.1, 0.15) is 86.3 Å². The van der Waals surface area contributed by atoms with Crippen molar-refractivity contribution in [2.24, 2.45) is 5.92 Å². The highest BCUT2D eigenvalue weighted by Gasteiger charge is 2.51. The third-order valence-electron chi connectivity index (χ3n) is 13.5. The molecule has 15 heteroatoms. The van der Waals surface area contributed by atoms with Gasteiger partial charge in [-0.2, -0.15) is 0 Å². The predicted octanol–water partition coefficient (Wildman–Crippen LogP) is 8.13. The first-order valence-corrected chi connectivity index (χ1v) is 22.0. The van der Waals surface area contributed by atoms with Crippen LogP contribution in [0.5, 0.6) is 5.75 Å². The van der Waals surface area contributed by atoms with Crippen molar-refractivity contribution in [1.29, 1.82) is 0 Å².